The number of ether oxygens (including phenoxy) is 2. The number of hydrogen-bond donors (Lipinski definition) is 1. The van der Waals surface area contributed by atoms with Crippen LogP contribution in [-0.4, -0.2) is 36.0 Å². The smallest absolute Gasteiger partial charge is 0.303 e. The summed E-state index contributed by atoms with van der Waals surface area (Å²) in [5.41, 5.74) is 1.66. The van der Waals surface area contributed by atoms with Crippen LogP contribution in [0.2, 0.25) is 5.02 Å². The fourth-order valence-corrected chi connectivity index (χ4v) is 4.99. The Labute approximate surface area is 178 Å². The van der Waals surface area contributed by atoms with Crippen LogP contribution in [0.1, 0.15) is 17.7 Å². The molecule has 0 bridgehead atoms. The summed E-state index contributed by atoms with van der Waals surface area (Å²) in [5.74, 6) is 0.0167. The molecule has 0 spiro atoms. The number of hydrogen-bond acceptors (Lipinski definition) is 5. The molecule has 0 radical (unpaired) electrons. The van der Waals surface area contributed by atoms with Gasteiger partial charge < -0.3 is 14.6 Å². The Kier molecular flexibility index (Phi) is 5.44. The van der Waals surface area contributed by atoms with Gasteiger partial charge in [-0.05, 0) is 48.4 Å². The van der Waals surface area contributed by atoms with E-state index in [0.717, 1.165) is 5.56 Å². The molecule has 30 heavy (non-hydrogen) atoms. The number of rotatable bonds is 7. The zero-order chi connectivity index (χ0) is 21.3. The average Bonchev–Trinajstić information content (AvgIpc) is 3.29. The molecule has 0 saturated carbocycles. The highest BCUT2D eigenvalue weighted by Gasteiger charge is 2.20. The summed E-state index contributed by atoms with van der Waals surface area (Å²) >= 11 is 6.03. The molecule has 1 aromatic heterocycles. The van der Waals surface area contributed by atoms with Crippen molar-refractivity contribution in [2.75, 3.05) is 12.5 Å². The summed E-state index contributed by atoms with van der Waals surface area (Å²) in [7, 11) is -3.78. The molecule has 7 nitrogen and oxygen atoms in total. The molecule has 0 amide bonds. The van der Waals surface area contributed by atoms with Gasteiger partial charge in [-0.25, -0.2) is 12.4 Å². The first-order valence-electron chi connectivity index (χ1n) is 9.14. The number of aliphatic carboxylic acids is 1. The van der Waals surface area contributed by atoms with E-state index in [1.165, 1.54) is 3.97 Å². The SMILES string of the molecule is O=C(O)CCc1cc2cc(Cl)ccc2n1S(=O)(=O)CC=Cc1ccc2c(c1)OCO2. The van der Waals surface area contributed by atoms with E-state index in [1.54, 1.807) is 48.6 Å². The lowest BCUT2D eigenvalue weighted by atomic mass is 10.2. The number of halogens is 1. The molecule has 0 atom stereocenters. The van der Waals surface area contributed by atoms with Crippen LogP contribution in [0.25, 0.3) is 17.0 Å². The van der Waals surface area contributed by atoms with Gasteiger partial charge in [0.1, 0.15) is 0 Å². The zero-order valence-corrected chi connectivity index (χ0v) is 17.3. The van der Waals surface area contributed by atoms with Crippen LogP contribution in [-0.2, 0) is 21.2 Å². The average molecular weight is 448 g/mol. The van der Waals surface area contributed by atoms with Crippen molar-refractivity contribution in [3.8, 4) is 11.5 Å². The van der Waals surface area contributed by atoms with Gasteiger partial charge >= 0.3 is 5.97 Å². The van der Waals surface area contributed by atoms with Gasteiger partial charge in [-0.1, -0.05) is 29.8 Å². The summed E-state index contributed by atoms with van der Waals surface area (Å²) in [5, 5.41) is 10.1. The normalized spacial score (nSPS) is 13.4. The van der Waals surface area contributed by atoms with E-state index in [1.807, 2.05) is 6.07 Å². The second-order valence-corrected chi connectivity index (χ2v) is 9.09. The molecule has 1 aliphatic heterocycles. The third-order valence-corrected chi connectivity index (χ3v) is 6.51. The third kappa shape index (κ3) is 4.15. The molecule has 3 aromatic rings. The van der Waals surface area contributed by atoms with Gasteiger partial charge in [0, 0.05) is 16.1 Å². The topological polar surface area (TPSA) is 94.8 Å². The zero-order valence-electron chi connectivity index (χ0n) is 15.7. The maximum atomic E-state index is 13.1. The van der Waals surface area contributed by atoms with Crippen LogP contribution in [0.5, 0.6) is 11.5 Å². The second-order valence-electron chi connectivity index (χ2n) is 6.79. The van der Waals surface area contributed by atoms with Crippen LogP contribution in [0.3, 0.4) is 0 Å². The minimum absolute atomic E-state index is 0.0900. The highest BCUT2D eigenvalue weighted by Crippen LogP contribution is 2.33. The van der Waals surface area contributed by atoms with Gasteiger partial charge in [0.15, 0.2) is 11.5 Å². The number of benzene rings is 2. The summed E-state index contributed by atoms with van der Waals surface area (Å²) in [6, 6.07) is 11.9. The summed E-state index contributed by atoms with van der Waals surface area (Å²) in [6.45, 7) is 0.167. The van der Waals surface area contributed by atoms with Crippen molar-refractivity contribution in [2.24, 2.45) is 0 Å². The van der Waals surface area contributed by atoms with Gasteiger partial charge in [-0.15, -0.1) is 0 Å². The molecule has 0 saturated heterocycles. The van der Waals surface area contributed by atoms with Crippen LogP contribution < -0.4 is 9.47 Å². The van der Waals surface area contributed by atoms with E-state index in [9.17, 15) is 13.2 Å². The maximum Gasteiger partial charge on any atom is 0.303 e. The maximum absolute atomic E-state index is 13.1. The molecule has 4 rings (SSSR count). The van der Waals surface area contributed by atoms with E-state index in [0.29, 0.717) is 33.1 Å². The monoisotopic (exact) mass is 447 g/mol. The van der Waals surface area contributed by atoms with Crippen molar-refractivity contribution in [1.29, 1.82) is 0 Å². The number of carboxylic acid groups (broad SMARTS) is 1. The minimum Gasteiger partial charge on any atom is -0.481 e. The molecule has 156 valence electrons. The van der Waals surface area contributed by atoms with Crippen molar-refractivity contribution in [1.82, 2.24) is 3.97 Å². The lowest BCUT2D eigenvalue weighted by molar-refractivity contribution is -0.136. The van der Waals surface area contributed by atoms with Crippen LogP contribution >= 0.6 is 11.6 Å². The van der Waals surface area contributed by atoms with E-state index in [-0.39, 0.29) is 25.4 Å². The van der Waals surface area contributed by atoms with Crippen molar-refractivity contribution in [3.63, 3.8) is 0 Å². The van der Waals surface area contributed by atoms with E-state index < -0.39 is 16.0 Å². The summed E-state index contributed by atoms with van der Waals surface area (Å²) < 4.78 is 38.1. The molecule has 0 unspecified atom stereocenters. The van der Waals surface area contributed by atoms with Gasteiger partial charge in [0.25, 0.3) is 0 Å². The number of fused-ring (bicyclic) bond motifs is 2. The predicted molar refractivity (Wildman–Crippen MR) is 114 cm³/mol. The molecule has 9 heteroatoms. The number of nitrogens with zero attached hydrogens (tertiary/aromatic N) is 1. The van der Waals surface area contributed by atoms with Crippen LogP contribution in [0, 0.1) is 0 Å². The molecule has 2 heterocycles. The van der Waals surface area contributed by atoms with E-state index >= 15 is 0 Å². The predicted octanol–water partition coefficient (Wildman–Crippen LogP) is 3.93. The van der Waals surface area contributed by atoms with Crippen molar-refractivity contribution < 1.29 is 27.8 Å². The molecule has 2 aromatic carbocycles. The minimum atomic E-state index is -3.78. The molecule has 1 aliphatic rings. The molecule has 0 aliphatic carbocycles. The largest absolute Gasteiger partial charge is 0.481 e. The highest BCUT2D eigenvalue weighted by atomic mass is 35.5. The standard InChI is InChI=1S/C21H18ClNO6S/c22-16-4-6-18-15(11-16)12-17(5-8-21(24)25)23(18)30(26,27)9-1-2-14-3-7-19-20(10-14)29-13-28-19/h1-4,6-7,10-12H,5,8-9,13H2,(H,24,25). The van der Waals surface area contributed by atoms with Crippen LogP contribution in [0.4, 0.5) is 0 Å². The van der Waals surface area contributed by atoms with Gasteiger partial charge in [0.05, 0.1) is 17.7 Å². The Balaban J connectivity index is 1.64. The van der Waals surface area contributed by atoms with Gasteiger partial charge in [0.2, 0.25) is 16.8 Å². The Morgan fingerprint density at radius 3 is 2.73 bits per heavy atom. The lowest BCUT2D eigenvalue weighted by Gasteiger charge is -2.10. The van der Waals surface area contributed by atoms with Gasteiger partial charge in [-0.2, -0.15) is 0 Å². The Bertz CT molecular complexity index is 1260. The van der Waals surface area contributed by atoms with Gasteiger partial charge in [-0.3, -0.25) is 4.79 Å². The lowest BCUT2D eigenvalue weighted by Crippen LogP contribution is -2.18. The highest BCUT2D eigenvalue weighted by molar-refractivity contribution is 7.90. The van der Waals surface area contributed by atoms with Crippen molar-refractivity contribution in [3.05, 3.63) is 64.8 Å². The Morgan fingerprint density at radius 1 is 1.13 bits per heavy atom. The van der Waals surface area contributed by atoms with Crippen LogP contribution in [0.15, 0.2) is 48.5 Å². The first-order chi connectivity index (χ1) is 14.3. The van der Waals surface area contributed by atoms with E-state index in [2.05, 4.69) is 0 Å². The molecule has 1 N–H and O–H groups in total. The number of carboxylic acids is 1. The summed E-state index contributed by atoms with van der Waals surface area (Å²) in [6.07, 6.45) is 3.16. The molecular formula is C21H18ClNO6S. The Hall–Kier alpha value is -2.97. The first-order valence-corrected chi connectivity index (χ1v) is 11.1. The number of aryl methyl sites for hydroxylation is 1. The fourth-order valence-electron chi connectivity index (χ4n) is 3.35. The summed E-state index contributed by atoms with van der Waals surface area (Å²) in [4.78, 5) is 11.0. The first kappa shape index (κ1) is 20.3. The fraction of sp³-hybridized carbons (Fsp3) is 0.190. The number of carbonyl (C=O) groups is 1. The van der Waals surface area contributed by atoms with Crippen molar-refractivity contribution >= 4 is 44.6 Å². The Morgan fingerprint density at radius 2 is 1.93 bits per heavy atom. The quantitative estimate of drug-likeness (QED) is 0.589. The third-order valence-electron chi connectivity index (χ3n) is 4.68. The second kappa shape index (κ2) is 8.04. The van der Waals surface area contributed by atoms with E-state index in [4.69, 9.17) is 26.2 Å². The number of aromatic nitrogens is 1. The van der Waals surface area contributed by atoms with Crippen molar-refractivity contribution in [2.45, 2.75) is 12.8 Å². The molecule has 0 fully saturated rings. The molecular weight excluding hydrogens is 430 g/mol.